The van der Waals surface area contributed by atoms with Crippen molar-refractivity contribution in [1.29, 1.82) is 10.5 Å². The molecule has 0 N–H and O–H groups in total. The lowest BCUT2D eigenvalue weighted by atomic mass is 10.0. The van der Waals surface area contributed by atoms with Crippen molar-refractivity contribution in [3.63, 3.8) is 0 Å². The molecule has 0 atom stereocenters. The topological polar surface area (TPSA) is 60.5 Å². The van der Waals surface area contributed by atoms with E-state index in [0.717, 1.165) is 0 Å². The van der Waals surface area contributed by atoms with E-state index in [0.29, 0.717) is 0 Å². The maximum Gasteiger partial charge on any atom is 0.418 e. The highest BCUT2D eigenvalue weighted by molar-refractivity contribution is 5.43. The molecule has 0 saturated carbocycles. The number of pyridine rings is 1. The third-order valence-electron chi connectivity index (χ3n) is 1.81. The molecule has 1 aromatic rings. The summed E-state index contributed by atoms with van der Waals surface area (Å²) in [5, 5.41) is 16.9. The van der Waals surface area contributed by atoms with Gasteiger partial charge in [-0.05, 0) is 0 Å². The number of nitriles is 2. The van der Waals surface area contributed by atoms with Gasteiger partial charge >= 0.3 is 6.18 Å². The summed E-state index contributed by atoms with van der Waals surface area (Å²) in [6.45, 7) is 0. The second kappa shape index (κ2) is 4.15. The smallest absolute Gasteiger partial charge is 0.227 e. The van der Waals surface area contributed by atoms with Crippen molar-refractivity contribution in [3.05, 3.63) is 28.8 Å². The first-order valence-corrected chi connectivity index (χ1v) is 3.93. The van der Waals surface area contributed by atoms with Crippen LogP contribution in [0.15, 0.2) is 6.20 Å². The van der Waals surface area contributed by atoms with Crippen LogP contribution in [0.3, 0.4) is 0 Å². The molecule has 0 spiro atoms. The first kappa shape index (κ1) is 11.9. The van der Waals surface area contributed by atoms with Crippen molar-refractivity contribution in [1.82, 2.24) is 4.98 Å². The summed E-state index contributed by atoms with van der Waals surface area (Å²) in [6, 6.07) is 2.73. The van der Waals surface area contributed by atoms with Crippen LogP contribution in [0, 0.1) is 28.6 Å². The summed E-state index contributed by atoms with van der Waals surface area (Å²) in [5.74, 6) is -1.30. The Hall–Kier alpha value is -2.15. The Bertz CT molecular complexity index is 493. The first-order valence-electron chi connectivity index (χ1n) is 3.93. The fraction of sp³-hybridized carbons (Fsp3) is 0.222. The minimum absolute atomic E-state index is 0.281. The van der Waals surface area contributed by atoms with Crippen molar-refractivity contribution in [3.8, 4) is 12.1 Å². The summed E-state index contributed by atoms with van der Waals surface area (Å²) in [4.78, 5) is 2.84. The van der Waals surface area contributed by atoms with Gasteiger partial charge in [-0.2, -0.15) is 28.1 Å². The molecule has 0 aliphatic carbocycles. The van der Waals surface area contributed by atoms with E-state index in [1.807, 2.05) is 0 Å². The van der Waals surface area contributed by atoms with E-state index in [4.69, 9.17) is 10.5 Å². The predicted molar refractivity (Wildman–Crippen MR) is 43.2 cm³/mol. The van der Waals surface area contributed by atoms with Gasteiger partial charge < -0.3 is 0 Å². The Morgan fingerprint density at radius 2 is 1.94 bits per heavy atom. The van der Waals surface area contributed by atoms with Gasteiger partial charge in [-0.1, -0.05) is 0 Å². The molecule has 0 saturated heterocycles. The molecule has 1 heterocycles. The Balaban J connectivity index is 3.54. The standard InChI is InChI=1S/C9H3F4N3/c10-8-6(3-15)5(1-2-14)7(4-16-8)9(11,12)13/h4H,1H2. The van der Waals surface area contributed by atoms with Crippen LogP contribution in [0.2, 0.25) is 0 Å². The molecule has 0 bridgehead atoms. The van der Waals surface area contributed by atoms with Crippen molar-refractivity contribution < 1.29 is 17.6 Å². The fourth-order valence-corrected chi connectivity index (χ4v) is 1.14. The Kier molecular flexibility index (Phi) is 3.09. The number of rotatable bonds is 1. The highest BCUT2D eigenvalue weighted by atomic mass is 19.4. The lowest BCUT2D eigenvalue weighted by molar-refractivity contribution is -0.138. The zero-order valence-electron chi connectivity index (χ0n) is 7.64. The average Bonchev–Trinajstić information content (AvgIpc) is 2.16. The molecule has 0 radical (unpaired) electrons. The Morgan fingerprint density at radius 1 is 1.31 bits per heavy atom. The number of halogens is 4. The molecule has 0 aliphatic heterocycles. The Morgan fingerprint density at radius 3 is 2.38 bits per heavy atom. The zero-order chi connectivity index (χ0) is 12.3. The van der Waals surface area contributed by atoms with Crippen molar-refractivity contribution in [2.24, 2.45) is 0 Å². The molecule has 7 heteroatoms. The molecular weight excluding hydrogens is 226 g/mol. The zero-order valence-corrected chi connectivity index (χ0v) is 7.64. The highest BCUT2D eigenvalue weighted by Crippen LogP contribution is 2.33. The molecule has 0 fully saturated rings. The fourth-order valence-electron chi connectivity index (χ4n) is 1.14. The van der Waals surface area contributed by atoms with Crippen LogP contribution >= 0.6 is 0 Å². The molecule has 3 nitrogen and oxygen atoms in total. The van der Waals surface area contributed by atoms with Gasteiger partial charge in [0, 0.05) is 11.8 Å². The van der Waals surface area contributed by atoms with E-state index in [-0.39, 0.29) is 6.20 Å². The van der Waals surface area contributed by atoms with Gasteiger partial charge in [0.15, 0.2) is 0 Å². The summed E-state index contributed by atoms with van der Waals surface area (Å²) in [5.41, 5.74) is -2.77. The maximum absolute atomic E-state index is 12.9. The van der Waals surface area contributed by atoms with Gasteiger partial charge in [-0.25, -0.2) is 4.98 Å². The van der Waals surface area contributed by atoms with Gasteiger partial charge in [0.1, 0.15) is 11.6 Å². The van der Waals surface area contributed by atoms with E-state index in [1.165, 1.54) is 12.1 Å². The second-order valence-electron chi connectivity index (χ2n) is 2.76. The van der Waals surface area contributed by atoms with Crippen LogP contribution in [0.4, 0.5) is 17.6 Å². The molecule has 0 aliphatic rings. The molecule has 1 aromatic heterocycles. The third kappa shape index (κ3) is 2.09. The second-order valence-corrected chi connectivity index (χ2v) is 2.76. The van der Waals surface area contributed by atoms with Gasteiger partial charge in [0.2, 0.25) is 5.95 Å². The van der Waals surface area contributed by atoms with Crippen molar-refractivity contribution in [2.75, 3.05) is 0 Å². The van der Waals surface area contributed by atoms with Gasteiger partial charge in [-0.15, -0.1) is 0 Å². The van der Waals surface area contributed by atoms with Crippen molar-refractivity contribution >= 4 is 0 Å². The number of hydrogen-bond acceptors (Lipinski definition) is 3. The van der Waals surface area contributed by atoms with E-state index < -0.39 is 35.2 Å². The molecule has 82 valence electrons. The lowest BCUT2D eigenvalue weighted by Gasteiger charge is -2.11. The third-order valence-corrected chi connectivity index (χ3v) is 1.81. The summed E-state index contributed by atoms with van der Waals surface area (Å²) in [7, 11) is 0. The lowest BCUT2D eigenvalue weighted by Crippen LogP contribution is -2.13. The highest BCUT2D eigenvalue weighted by Gasteiger charge is 2.35. The van der Waals surface area contributed by atoms with Crippen LogP contribution in [-0.4, -0.2) is 4.98 Å². The molecule has 0 amide bonds. The van der Waals surface area contributed by atoms with E-state index >= 15 is 0 Å². The van der Waals surface area contributed by atoms with E-state index in [1.54, 1.807) is 0 Å². The van der Waals surface area contributed by atoms with Crippen LogP contribution in [-0.2, 0) is 12.6 Å². The van der Waals surface area contributed by atoms with Gasteiger partial charge in [0.25, 0.3) is 0 Å². The molecule has 16 heavy (non-hydrogen) atoms. The minimum Gasteiger partial charge on any atom is -0.227 e. The molecular formula is C9H3F4N3. The van der Waals surface area contributed by atoms with Crippen LogP contribution in [0.25, 0.3) is 0 Å². The van der Waals surface area contributed by atoms with Gasteiger partial charge in [-0.3, -0.25) is 0 Å². The van der Waals surface area contributed by atoms with E-state index in [9.17, 15) is 17.6 Å². The predicted octanol–water partition coefficient (Wildman–Crippen LogP) is 2.18. The van der Waals surface area contributed by atoms with Crippen LogP contribution < -0.4 is 0 Å². The largest absolute Gasteiger partial charge is 0.418 e. The summed E-state index contributed by atoms with van der Waals surface area (Å²) in [6.07, 6.45) is -5.18. The normalized spacial score (nSPS) is 10.6. The first-order chi connectivity index (χ1) is 7.41. The van der Waals surface area contributed by atoms with Crippen LogP contribution in [0.5, 0.6) is 0 Å². The SMILES string of the molecule is N#CCc1c(C(F)(F)F)cnc(F)c1C#N. The maximum atomic E-state index is 12.9. The monoisotopic (exact) mass is 229 g/mol. The summed E-state index contributed by atoms with van der Waals surface area (Å²) < 4.78 is 50.2. The number of aromatic nitrogens is 1. The molecule has 0 aromatic carbocycles. The summed E-state index contributed by atoms with van der Waals surface area (Å²) >= 11 is 0. The van der Waals surface area contributed by atoms with Crippen LogP contribution in [0.1, 0.15) is 16.7 Å². The minimum atomic E-state index is -4.77. The molecule has 0 unspecified atom stereocenters. The quantitative estimate of drug-likeness (QED) is 0.547. The van der Waals surface area contributed by atoms with Crippen molar-refractivity contribution in [2.45, 2.75) is 12.6 Å². The molecule has 1 rings (SSSR count). The average molecular weight is 229 g/mol. The van der Waals surface area contributed by atoms with E-state index in [2.05, 4.69) is 4.98 Å². The Labute approximate surface area is 87.6 Å². The number of nitrogens with zero attached hydrogens (tertiary/aromatic N) is 3. The number of alkyl halides is 3. The number of hydrogen-bond donors (Lipinski definition) is 0. The van der Waals surface area contributed by atoms with Gasteiger partial charge in [0.05, 0.1) is 18.1 Å².